The molecule has 0 atom stereocenters. The van der Waals surface area contributed by atoms with Crippen LogP contribution in [-0.2, 0) is 25.0 Å². The van der Waals surface area contributed by atoms with Crippen LogP contribution in [0.5, 0.6) is 0 Å². The van der Waals surface area contributed by atoms with Gasteiger partial charge in [0.1, 0.15) is 0 Å². The molecule has 3 rings (SSSR count). The fourth-order valence-electron chi connectivity index (χ4n) is 2.91. The Morgan fingerprint density at radius 3 is 2.52 bits per heavy atom. The van der Waals surface area contributed by atoms with Crippen LogP contribution in [0.3, 0.4) is 0 Å². The van der Waals surface area contributed by atoms with Gasteiger partial charge in [-0.2, -0.15) is 13.2 Å². The Morgan fingerprint density at radius 1 is 1.13 bits per heavy atom. The molecule has 0 spiro atoms. The first-order chi connectivity index (χ1) is 14.8. The maximum absolute atomic E-state index is 13.2. The van der Waals surface area contributed by atoms with Crippen molar-refractivity contribution in [3.63, 3.8) is 0 Å². The van der Waals surface area contributed by atoms with E-state index in [4.69, 9.17) is 0 Å². The van der Waals surface area contributed by atoms with Gasteiger partial charge in [-0.15, -0.1) is 10.2 Å². The Balaban J connectivity index is 1.74. The van der Waals surface area contributed by atoms with E-state index < -0.39 is 23.2 Å². The molecule has 0 aliphatic heterocycles. The number of nitrogens with zero attached hydrogens (tertiary/aromatic N) is 4. The molecule has 0 saturated heterocycles. The fraction of sp³-hybridized carbons (Fsp3) is 0.333. The Morgan fingerprint density at radius 2 is 1.84 bits per heavy atom. The topological polar surface area (TPSA) is 72.7 Å². The lowest BCUT2D eigenvalue weighted by atomic mass is 10.1. The zero-order valence-corrected chi connectivity index (χ0v) is 17.9. The first-order valence-electron chi connectivity index (χ1n) is 9.64. The minimum atomic E-state index is -4.61. The van der Waals surface area contributed by atoms with E-state index in [2.05, 4.69) is 20.5 Å². The van der Waals surface area contributed by atoms with E-state index in [9.17, 15) is 18.0 Å². The average Bonchev–Trinajstić information content (AvgIpc) is 3.11. The lowest BCUT2D eigenvalue weighted by molar-refractivity contribution is -0.137. The molecule has 1 N–H and O–H groups in total. The van der Waals surface area contributed by atoms with Crippen LogP contribution >= 0.6 is 11.8 Å². The first kappa shape index (κ1) is 22.8. The van der Waals surface area contributed by atoms with E-state index >= 15 is 0 Å². The summed E-state index contributed by atoms with van der Waals surface area (Å²) in [6.07, 6.45) is -1.18. The normalized spacial score (nSPS) is 11.7. The van der Waals surface area contributed by atoms with E-state index in [1.165, 1.54) is 23.9 Å². The van der Waals surface area contributed by atoms with E-state index in [1.807, 2.05) is 30.5 Å². The quantitative estimate of drug-likeness (QED) is 0.510. The van der Waals surface area contributed by atoms with Crippen molar-refractivity contribution in [2.75, 3.05) is 0 Å². The van der Waals surface area contributed by atoms with Gasteiger partial charge in [0.2, 0.25) is 0 Å². The highest BCUT2D eigenvalue weighted by Crippen LogP contribution is 2.31. The Bertz CT molecular complexity index is 1020. The van der Waals surface area contributed by atoms with Crippen molar-refractivity contribution in [1.29, 1.82) is 0 Å². The molecule has 10 heteroatoms. The van der Waals surface area contributed by atoms with Gasteiger partial charge in [0.05, 0.1) is 17.7 Å². The van der Waals surface area contributed by atoms with Gasteiger partial charge >= 0.3 is 6.18 Å². The van der Waals surface area contributed by atoms with Crippen molar-refractivity contribution in [2.45, 2.75) is 44.0 Å². The first-order valence-corrected chi connectivity index (χ1v) is 10.6. The predicted octanol–water partition coefficient (Wildman–Crippen LogP) is 4.57. The molecule has 0 radical (unpaired) electrons. The number of rotatable bonds is 8. The van der Waals surface area contributed by atoms with Crippen LogP contribution in [0.15, 0.2) is 53.9 Å². The molecule has 0 unspecified atom stereocenters. The minimum Gasteiger partial charge on any atom is -0.345 e. The van der Waals surface area contributed by atoms with Crippen LogP contribution < -0.4 is 5.32 Å². The molecule has 2 aromatic heterocycles. The summed E-state index contributed by atoms with van der Waals surface area (Å²) in [5, 5.41) is 11.6. The maximum Gasteiger partial charge on any atom is 0.417 e. The molecular weight excluding hydrogens is 427 g/mol. The van der Waals surface area contributed by atoms with Crippen LogP contribution in [-0.4, -0.2) is 25.7 Å². The van der Waals surface area contributed by atoms with Gasteiger partial charge in [0.25, 0.3) is 5.91 Å². The summed E-state index contributed by atoms with van der Waals surface area (Å²) in [7, 11) is 0. The number of nitrogens with one attached hydrogen (secondary N) is 1. The highest BCUT2D eigenvalue weighted by atomic mass is 32.2. The Kier molecular flexibility index (Phi) is 7.32. The molecule has 164 valence electrons. The third kappa shape index (κ3) is 6.06. The van der Waals surface area contributed by atoms with Crippen molar-refractivity contribution in [1.82, 2.24) is 25.1 Å². The maximum atomic E-state index is 13.2. The summed E-state index contributed by atoms with van der Waals surface area (Å²) in [5.74, 6) is 0.641. The van der Waals surface area contributed by atoms with Crippen molar-refractivity contribution in [2.24, 2.45) is 5.92 Å². The summed E-state index contributed by atoms with van der Waals surface area (Å²) < 4.78 is 41.5. The molecule has 0 bridgehead atoms. The highest BCUT2D eigenvalue weighted by molar-refractivity contribution is 7.98. The molecule has 0 saturated carbocycles. The van der Waals surface area contributed by atoms with Gasteiger partial charge in [-0.05, 0) is 35.7 Å². The average molecular weight is 450 g/mol. The van der Waals surface area contributed by atoms with Gasteiger partial charge in [-0.25, -0.2) is 0 Å². The second kappa shape index (κ2) is 9.95. The number of aromatic nitrogens is 4. The number of carbonyl (C=O) groups is 1. The van der Waals surface area contributed by atoms with Crippen molar-refractivity contribution >= 4 is 17.7 Å². The molecule has 0 aliphatic carbocycles. The highest BCUT2D eigenvalue weighted by Gasteiger charge is 2.34. The molecule has 2 heterocycles. The standard InChI is InChI=1S/C21H22F3N5OS/c1-14(2)12-29-18(27-28-20(29)31-13-15-7-9-25-10-8-15)11-26-19(30)16-5-3-4-6-17(16)21(22,23)24/h3-10,14H,11-13H2,1-2H3,(H,26,30). The summed E-state index contributed by atoms with van der Waals surface area (Å²) in [6.45, 7) is 4.68. The fourth-order valence-corrected chi connectivity index (χ4v) is 3.84. The monoisotopic (exact) mass is 449 g/mol. The summed E-state index contributed by atoms with van der Waals surface area (Å²) >= 11 is 1.50. The minimum absolute atomic E-state index is 0.0272. The summed E-state index contributed by atoms with van der Waals surface area (Å²) in [4.78, 5) is 16.5. The lowest BCUT2D eigenvalue weighted by Crippen LogP contribution is -2.27. The van der Waals surface area contributed by atoms with Crippen molar-refractivity contribution in [3.8, 4) is 0 Å². The smallest absolute Gasteiger partial charge is 0.345 e. The number of carbonyl (C=O) groups excluding carboxylic acids is 1. The third-order valence-electron chi connectivity index (χ3n) is 4.34. The predicted molar refractivity (Wildman–Crippen MR) is 111 cm³/mol. The molecule has 3 aromatic rings. The molecule has 0 fully saturated rings. The zero-order valence-electron chi connectivity index (χ0n) is 17.1. The zero-order chi connectivity index (χ0) is 22.4. The number of amides is 1. The molecule has 1 aromatic carbocycles. The third-order valence-corrected chi connectivity index (χ3v) is 5.38. The molecule has 6 nitrogen and oxygen atoms in total. The van der Waals surface area contributed by atoms with E-state index in [0.29, 0.717) is 23.3 Å². The van der Waals surface area contributed by atoms with Crippen molar-refractivity contribution < 1.29 is 18.0 Å². The van der Waals surface area contributed by atoms with Gasteiger partial charge < -0.3 is 9.88 Å². The number of hydrogen-bond acceptors (Lipinski definition) is 5. The number of pyridine rings is 1. The van der Waals surface area contributed by atoms with Crippen LogP contribution in [0.1, 0.15) is 41.2 Å². The number of hydrogen-bond donors (Lipinski definition) is 1. The van der Waals surface area contributed by atoms with Gasteiger partial charge in [0, 0.05) is 24.7 Å². The van der Waals surface area contributed by atoms with Crippen molar-refractivity contribution in [3.05, 3.63) is 71.3 Å². The SMILES string of the molecule is CC(C)Cn1c(CNC(=O)c2ccccc2C(F)(F)F)nnc1SCc1ccncc1. The second-order valence-corrected chi connectivity index (χ2v) is 8.22. The number of thioether (sulfide) groups is 1. The van der Waals surface area contributed by atoms with E-state index in [0.717, 1.165) is 17.7 Å². The number of alkyl halides is 3. The number of benzene rings is 1. The van der Waals surface area contributed by atoms with Crippen LogP contribution in [0.4, 0.5) is 13.2 Å². The van der Waals surface area contributed by atoms with Gasteiger partial charge in [-0.1, -0.05) is 37.7 Å². The van der Waals surface area contributed by atoms with E-state index in [1.54, 1.807) is 12.4 Å². The van der Waals surface area contributed by atoms with E-state index in [-0.39, 0.29) is 12.5 Å². The second-order valence-electron chi connectivity index (χ2n) is 7.27. The van der Waals surface area contributed by atoms with Crippen LogP contribution in [0.25, 0.3) is 0 Å². The Hall–Kier alpha value is -2.88. The van der Waals surface area contributed by atoms with Crippen LogP contribution in [0, 0.1) is 5.92 Å². The van der Waals surface area contributed by atoms with Crippen LogP contribution in [0.2, 0.25) is 0 Å². The van der Waals surface area contributed by atoms with Gasteiger partial charge in [0.15, 0.2) is 11.0 Å². The molecule has 31 heavy (non-hydrogen) atoms. The Labute approximate surface area is 182 Å². The molecular formula is C21H22F3N5OS. The van der Waals surface area contributed by atoms with Gasteiger partial charge in [-0.3, -0.25) is 9.78 Å². The lowest BCUT2D eigenvalue weighted by Gasteiger charge is -2.14. The number of halogens is 3. The molecule has 1 amide bonds. The largest absolute Gasteiger partial charge is 0.417 e. The summed E-state index contributed by atoms with van der Waals surface area (Å²) in [6, 6.07) is 8.53. The molecule has 0 aliphatic rings. The summed E-state index contributed by atoms with van der Waals surface area (Å²) in [5.41, 5.74) is -0.306.